The number of nitrogens with zero attached hydrogens (tertiary/aromatic N) is 6. The van der Waals surface area contributed by atoms with E-state index in [1.54, 1.807) is 84.9 Å². The first-order chi connectivity index (χ1) is 21.8. The molecule has 7 rings (SSSR count). The number of nitrogens with one attached hydrogen (secondary N) is 1. The molecular formula is C33H27FN8O3. The maximum Gasteiger partial charge on any atom is 0.338 e. The molecule has 3 N–H and O–H groups in total. The fourth-order valence-electron chi connectivity index (χ4n) is 5.33. The van der Waals surface area contributed by atoms with E-state index in [9.17, 15) is 9.59 Å². The molecule has 0 saturated heterocycles. The summed E-state index contributed by atoms with van der Waals surface area (Å²) in [7, 11) is 1.78. The Morgan fingerprint density at radius 1 is 1.07 bits per heavy atom. The molecule has 3 heterocycles. The molecule has 1 aliphatic carbocycles. The minimum atomic E-state index is -0.571. The summed E-state index contributed by atoms with van der Waals surface area (Å²) < 4.78 is 24.1. The monoisotopic (exact) mass is 602 g/mol. The van der Waals surface area contributed by atoms with Gasteiger partial charge in [-0.25, -0.2) is 9.18 Å². The van der Waals surface area contributed by atoms with E-state index in [-0.39, 0.29) is 29.7 Å². The number of rotatable bonds is 8. The molecule has 3 aromatic heterocycles. The van der Waals surface area contributed by atoms with E-state index >= 15 is 4.39 Å². The van der Waals surface area contributed by atoms with Crippen LogP contribution in [0.2, 0.25) is 0 Å². The largest absolute Gasteiger partial charge is 0.457 e. The SMILES string of the molecule is Cn1cc(Nc2nc(N)nc(-c3cccc(-n4ccc5cc(C6CC6)cc(F)c5c4=O)c3COC(=O)c3ccccc3)n2)cn1. The normalized spacial score (nSPS) is 12.8. The number of esters is 1. The van der Waals surface area contributed by atoms with Crippen LogP contribution in [0.25, 0.3) is 27.8 Å². The van der Waals surface area contributed by atoms with Gasteiger partial charge in [-0.2, -0.15) is 20.1 Å². The number of aromatic nitrogens is 6. The smallest absolute Gasteiger partial charge is 0.338 e. The van der Waals surface area contributed by atoms with Crippen LogP contribution in [0, 0.1) is 5.82 Å². The average Bonchev–Trinajstić information content (AvgIpc) is 3.81. The summed E-state index contributed by atoms with van der Waals surface area (Å²) in [5.74, 6) is -0.511. The van der Waals surface area contributed by atoms with Gasteiger partial charge < -0.3 is 15.8 Å². The number of hydrogen-bond acceptors (Lipinski definition) is 9. The van der Waals surface area contributed by atoms with Gasteiger partial charge in [-0.3, -0.25) is 14.0 Å². The van der Waals surface area contributed by atoms with E-state index < -0.39 is 17.3 Å². The topological polar surface area (TPSA) is 143 Å². The fraction of sp³-hybridized carbons (Fsp3) is 0.152. The van der Waals surface area contributed by atoms with E-state index in [4.69, 9.17) is 10.5 Å². The standard InChI is InChI=1S/C33H27FN8O3/c1-41-17-23(16-36-41)37-33-39-29(38-32(35)40-33)24-8-5-9-27(25(24)18-45-31(44)20-6-3-2-4-7-20)42-13-12-21-14-22(19-10-11-19)15-26(34)28(21)30(42)43/h2-9,12-17,19H,10-11,18H2,1H3,(H3,35,37,38,39,40). The van der Waals surface area contributed by atoms with E-state index in [1.165, 1.54) is 10.6 Å². The molecule has 3 aromatic carbocycles. The van der Waals surface area contributed by atoms with Crippen molar-refractivity contribution in [3.63, 3.8) is 0 Å². The maximum absolute atomic E-state index is 15.4. The number of hydrogen-bond donors (Lipinski definition) is 2. The molecule has 1 fully saturated rings. The van der Waals surface area contributed by atoms with Gasteiger partial charge in [0.15, 0.2) is 5.82 Å². The molecule has 224 valence electrons. The van der Waals surface area contributed by atoms with Crippen LogP contribution in [0.3, 0.4) is 0 Å². The first-order valence-electron chi connectivity index (χ1n) is 14.3. The second-order valence-corrected chi connectivity index (χ2v) is 10.8. The van der Waals surface area contributed by atoms with Crippen molar-refractivity contribution < 1.29 is 13.9 Å². The lowest BCUT2D eigenvalue weighted by Crippen LogP contribution is -2.21. The number of carbonyl (C=O) groups is 1. The summed E-state index contributed by atoms with van der Waals surface area (Å²) in [6, 6.07) is 18.7. The van der Waals surface area contributed by atoms with Gasteiger partial charge in [0, 0.05) is 30.6 Å². The highest BCUT2D eigenvalue weighted by molar-refractivity contribution is 5.89. The number of ether oxygens (including phenoxy) is 1. The van der Waals surface area contributed by atoms with E-state index in [0.717, 1.165) is 18.4 Å². The number of carbonyl (C=O) groups excluding carboxylic acids is 1. The van der Waals surface area contributed by atoms with E-state index in [2.05, 4.69) is 25.4 Å². The Morgan fingerprint density at radius 3 is 2.64 bits per heavy atom. The molecule has 0 amide bonds. The maximum atomic E-state index is 15.4. The third-order valence-corrected chi connectivity index (χ3v) is 7.65. The zero-order valence-electron chi connectivity index (χ0n) is 24.1. The molecular weight excluding hydrogens is 575 g/mol. The van der Waals surface area contributed by atoms with Crippen LogP contribution in [-0.2, 0) is 18.4 Å². The summed E-state index contributed by atoms with van der Waals surface area (Å²) in [6.45, 7) is -0.246. The van der Waals surface area contributed by atoms with Crippen molar-refractivity contribution in [3.8, 4) is 17.1 Å². The predicted molar refractivity (Wildman–Crippen MR) is 167 cm³/mol. The summed E-state index contributed by atoms with van der Waals surface area (Å²) in [4.78, 5) is 40.0. The Balaban J connectivity index is 1.35. The van der Waals surface area contributed by atoms with Crippen LogP contribution in [0.15, 0.2) is 90.1 Å². The quantitative estimate of drug-likeness (QED) is 0.223. The van der Waals surface area contributed by atoms with E-state index in [1.807, 2.05) is 6.07 Å². The van der Waals surface area contributed by atoms with Gasteiger partial charge >= 0.3 is 5.97 Å². The van der Waals surface area contributed by atoms with Crippen molar-refractivity contribution in [1.82, 2.24) is 29.3 Å². The highest BCUT2D eigenvalue weighted by atomic mass is 19.1. The Kier molecular flexibility index (Phi) is 7.01. The number of nitrogens with two attached hydrogens (primary N) is 1. The van der Waals surface area contributed by atoms with Crippen LogP contribution < -0.4 is 16.6 Å². The van der Waals surface area contributed by atoms with Crippen molar-refractivity contribution in [2.45, 2.75) is 25.4 Å². The minimum Gasteiger partial charge on any atom is -0.457 e. The Hall–Kier alpha value is -5.91. The van der Waals surface area contributed by atoms with Crippen molar-refractivity contribution >= 4 is 34.3 Å². The predicted octanol–water partition coefficient (Wildman–Crippen LogP) is 5.28. The third-order valence-electron chi connectivity index (χ3n) is 7.65. The van der Waals surface area contributed by atoms with Gasteiger partial charge in [0.1, 0.15) is 12.4 Å². The summed E-state index contributed by atoms with van der Waals surface area (Å²) in [5.41, 5.74) is 8.65. The van der Waals surface area contributed by atoms with Crippen molar-refractivity contribution in [2.24, 2.45) is 7.05 Å². The van der Waals surface area contributed by atoms with Gasteiger partial charge in [-0.15, -0.1) is 0 Å². The Bertz CT molecular complexity index is 2140. The molecule has 6 aromatic rings. The van der Waals surface area contributed by atoms with Gasteiger partial charge in [0.2, 0.25) is 11.9 Å². The van der Waals surface area contributed by atoms with Crippen LogP contribution >= 0.6 is 0 Å². The lowest BCUT2D eigenvalue weighted by molar-refractivity contribution is 0.0473. The van der Waals surface area contributed by atoms with Crippen LogP contribution in [0.5, 0.6) is 0 Å². The lowest BCUT2D eigenvalue weighted by atomic mass is 10.0. The highest BCUT2D eigenvalue weighted by Crippen LogP contribution is 2.41. The Labute approximate surface area is 256 Å². The first-order valence-corrected chi connectivity index (χ1v) is 14.3. The molecule has 0 radical (unpaired) electrons. The Morgan fingerprint density at radius 2 is 1.89 bits per heavy atom. The number of benzene rings is 3. The molecule has 0 aliphatic heterocycles. The molecule has 0 unspecified atom stereocenters. The second kappa shape index (κ2) is 11.3. The molecule has 0 bridgehead atoms. The lowest BCUT2D eigenvalue weighted by Gasteiger charge is -2.17. The first kappa shape index (κ1) is 27.9. The van der Waals surface area contributed by atoms with Crippen LogP contribution in [0.4, 0.5) is 22.0 Å². The highest BCUT2D eigenvalue weighted by Gasteiger charge is 2.26. The van der Waals surface area contributed by atoms with Gasteiger partial charge in [0.25, 0.3) is 5.56 Å². The number of nitrogen functional groups attached to an aromatic ring is 1. The molecule has 0 atom stereocenters. The van der Waals surface area contributed by atoms with Crippen LogP contribution in [-0.4, -0.2) is 35.3 Å². The number of aryl methyl sites for hydroxylation is 1. The van der Waals surface area contributed by atoms with Gasteiger partial charge in [-0.1, -0.05) is 36.4 Å². The zero-order valence-corrected chi connectivity index (χ0v) is 24.1. The van der Waals surface area contributed by atoms with Crippen molar-refractivity contribution in [3.05, 3.63) is 118 Å². The number of pyridine rings is 1. The van der Waals surface area contributed by atoms with Crippen molar-refractivity contribution in [1.29, 1.82) is 0 Å². The zero-order chi connectivity index (χ0) is 31.1. The molecule has 12 heteroatoms. The van der Waals surface area contributed by atoms with E-state index in [0.29, 0.717) is 39.4 Å². The minimum absolute atomic E-state index is 0.0214. The summed E-state index contributed by atoms with van der Waals surface area (Å²) in [5, 5.41) is 7.70. The molecule has 1 aliphatic rings. The number of fused-ring (bicyclic) bond motifs is 1. The van der Waals surface area contributed by atoms with Crippen molar-refractivity contribution in [2.75, 3.05) is 11.1 Å². The molecule has 1 saturated carbocycles. The summed E-state index contributed by atoms with van der Waals surface area (Å²) >= 11 is 0. The molecule has 45 heavy (non-hydrogen) atoms. The molecule has 0 spiro atoms. The number of anilines is 3. The number of halogens is 1. The van der Waals surface area contributed by atoms with Crippen LogP contribution in [0.1, 0.15) is 40.2 Å². The molecule has 11 nitrogen and oxygen atoms in total. The van der Waals surface area contributed by atoms with Gasteiger partial charge in [0.05, 0.1) is 28.5 Å². The average molecular weight is 603 g/mol. The summed E-state index contributed by atoms with van der Waals surface area (Å²) in [6.07, 6.45) is 6.97. The second-order valence-electron chi connectivity index (χ2n) is 10.8. The third kappa shape index (κ3) is 5.60. The fourth-order valence-corrected chi connectivity index (χ4v) is 5.33. The van der Waals surface area contributed by atoms with Gasteiger partial charge in [-0.05, 0) is 60.0 Å².